The number of rotatable bonds is 4. The summed E-state index contributed by atoms with van der Waals surface area (Å²) in [6.45, 7) is 3.00. The van der Waals surface area contributed by atoms with Crippen molar-refractivity contribution in [3.8, 4) is 5.75 Å². The van der Waals surface area contributed by atoms with E-state index >= 15 is 0 Å². The summed E-state index contributed by atoms with van der Waals surface area (Å²) >= 11 is 5.79. The van der Waals surface area contributed by atoms with Crippen molar-refractivity contribution in [3.63, 3.8) is 0 Å². The average Bonchev–Trinajstić information content (AvgIpc) is 2.84. The topological polar surface area (TPSA) is 67.2 Å². The Kier molecular flexibility index (Phi) is 5.08. The maximum Gasteiger partial charge on any atom is 0.435 e. The number of halogens is 4. The molecule has 0 saturated heterocycles. The number of nitrogens with zero attached hydrogens (tertiary/aromatic N) is 2. The van der Waals surface area contributed by atoms with Crippen LogP contribution in [0.5, 0.6) is 5.75 Å². The van der Waals surface area contributed by atoms with Gasteiger partial charge in [-0.1, -0.05) is 18.5 Å². The molecule has 1 amide bonds. The quantitative estimate of drug-likeness (QED) is 0.813. The normalized spacial score (nSPS) is 12.9. The van der Waals surface area contributed by atoms with Gasteiger partial charge in [0.15, 0.2) is 5.69 Å². The lowest BCUT2D eigenvalue weighted by atomic mass is 10.1. The highest BCUT2D eigenvalue weighted by Gasteiger charge is 2.34. The number of aromatic nitrogens is 2. The third-order valence-corrected chi connectivity index (χ3v) is 3.62. The highest BCUT2D eigenvalue weighted by molar-refractivity contribution is 6.31. The zero-order valence-corrected chi connectivity index (χ0v) is 13.6. The Morgan fingerprint density at radius 2 is 2.08 bits per heavy atom. The number of amides is 1. The minimum absolute atomic E-state index is 0.0327. The van der Waals surface area contributed by atoms with Gasteiger partial charge in [0.2, 0.25) is 5.91 Å². The molecular formula is C15H15ClF3N3O2. The highest BCUT2D eigenvalue weighted by Crippen LogP contribution is 2.29. The van der Waals surface area contributed by atoms with Crippen molar-refractivity contribution in [2.24, 2.45) is 5.92 Å². The molecule has 1 heterocycles. The highest BCUT2D eigenvalue weighted by atomic mass is 35.5. The van der Waals surface area contributed by atoms with Crippen LogP contribution in [0, 0.1) is 12.8 Å². The van der Waals surface area contributed by atoms with Crippen LogP contribution < -0.4 is 5.32 Å². The first kappa shape index (κ1) is 18.1. The predicted molar refractivity (Wildman–Crippen MR) is 82.9 cm³/mol. The molecule has 9 heteroatoms. The Balaban J connectivity index is 2.09. The van der Waals surface area contributed by atoms with Gasteiger partial charge in [0.05, 0.1) is 18.2 Å². The lowest BCUT2D eigenvalue weighted by Gasteiger charge is -2.14. The number of aromatic hydroxyl groups is 1. The minimum atomic E-state index is -4.53. The van der Waals surface area contributed by atoms with Gasteiger partial charge in [-0.05, 0) is 31.2 Å². The van der Waals surface area contributed by atoms with Gasteiger partial charge in [0, 0.05) is 10.7 Å². The first-order valence-corrected chi connectivity index (χ1v) is 7.36. The fraction of sp³-hybridized carbons (Fsp3) is 0.333. The Morgan fingerprint density at radius 1 is 1.42 bits per heavy atom. The molecule has 1 aromatic heterocycles. The van der Waals surface area contributed by atoms with E-state index in [9.17, 15) is 23.1 Å². The third-order valence-electron chi connectivity index (χ3n) is 3.38. The first-order valence-electron chi connectivity index (χ1n) is 6.99. The smallest absolute Gasteiger partial charge is 0.435 e. The molecule has 0 bridgehead atoms. The van der Waals surface area contributed by atoms with E-state index in [1.807, 2.05) is 0 Å². The molecular weight excluding hydrogens is 347 g/mol. The molecule has 0 aliphatic heterocycles. The van der Waals surface area contributed by atoms with Crippen molar-refractivity contribution >= 4 is 23.2 Å². The number of hydrogen-bond acceptors (Lipinski definition) is 3. The number of hydrogen-bond donors (Lipinski definition) is 2. The maximum absolute atomic E-state index is 12.7. The van der Waals surface area contributed by atoms with Crippen LogP contribution in [0.4, 0.5) is 18.9 Å². The number of phenols is 1. The summed E-state index contributed by atoms with van der Waals surface area (Å²) in [7, 11) is 0. The lowest BCUT2D eigenvalue weighted by Crippen LogP contribution is -2.25. The summed E-state index contributed by atoms with van der Waals surface area (Å²) in [5.41, 5.74) is -0.569. The van der Waals surface area contributed by atoms with E-state index in [0.29, 0.717) is 10.7 Å². The number of alkyl halides is 3. The summed E-state index contributed by atoms with van der Waals surface area (Å²) in [4.78, 5) is 12.2. The molecule has 0 fully saturated rings. The summed E-state index contributed by atoms with van der Waals surface area (Å²) < 4.78 is 39.1. The van der Waals surface area contributed by atoms with Crippen molar-refractivity contribution in [2.75, 3.05) is 5.32 Å². The Morgan fingerprint density at radius 3 is 2.67 bits per heavy atom. The zero-order valence-electron chi connectivity index (χ0n) is 12.9. The fourth-order valence-corrected chi connectivity index (χ4v) is 2.21. The fourth-order valence-electron chi connectivity index (χ4n) is 2.04. The van der Waals surface area contributed by atoms with Gasteiger partial charge < -0.3 is 10.4 Å². The SMILES string of the molecule is Cc1cc(C(F)(F)F)nn1CC(C)C(=O)Nc1cc(Cl)ccc1O. The Bertz CT molecular complexity index is 759. The second-order valence-corrected chi connectivity index (χ2v) is 5.84. The maximum atomic E-state index is 12.7. The standard InChI is InChI=1S/C15H15ClF3N3O2/c1-8(7-22-9(2)5-13(21-22)15(17,18)19)14(24)20-11-6-10(16)3-4-12(11)23/h3-6,8,23H,7H2,1-2H3,(H,20,24). The molecule has 1 unspecified atom stereocenters. The summed E-state index contributed by atoms with van der Waals surface area (Å²) in [6, 6.07) is 5.09. The monoisotopic (exact) mass is 361 g/mol. The van der Waals surface area contributed by atoms with E-state index in [4.69, 9.17) is 11.6 Å². The second kappa shape index (κ2) is 6.72. The number of phenolic OH excluding ortho intramolecular Hbond substituents is 1. The molecule has 24 heavy (non-hydrogen) atoms. The number of benzene rings is 1. The molecule has 5 nitrogen and oxygen atoms in total. The van der Waals surface area contributed by atoms with Crippen LogP contribution in [-0.2, 0) is 17.5 Å². The zero-order chi connectivity index (χ0) is 18.1. The van der Waals surface area contributed by atoms with Crippen molar-refractivity contribution in [3.05, 3.63) is 40.7 Å². The predicted octanol–water partition coefficient (Wildman–Crippen LogP) is 3.84. The molecule has 130 valence electrons. The van der Waals surface area contributed by atoms with Gasteiger partial charge in [-0.15, -0.1) is 0 Å². The average molecular weight is 362 g/mol. The molecule has 2 aromatic rings. The summed E-state index contributed by atoms with van der Waals surface area (Å²) in [5, 5.41) is 16.0. The molecule has 1 aromatic carbocycles. The summed E-state index contributed by atoms with van der Waals surface area (Å²) in [6.07, 6.45) is -4.53. The van der Waals surface area contributed by atoms with Crippen LogP contribution in [0.25, 0.3) is 0 Å². The van der Waals surface area contributed by atoms with Crippen LogP contribution in [0.1, 0.15) is 18.3 Å². The number of anilines is 1. The van der Waals surface area contributed by atoms with Gasteiger partial charge in [-0.25, -0.2) is 0 Å². The number of aryl methyl sites for hydroxylation is 1. The van der Waals surface area contributed by atoms with Crippen molar-refractivity contribution < 1.29 is 23.1 Å². The molecule has 0 aliphatic carbocycles. The molecule has 2 rings (SSSR count). The van der Waals surface area contributed by atoms with Crippen molar-refractivity contribution in [1.29, 1.82) is 0 Å². The number of carbonyl (C=O) groups excluding carboxylic acids is 1. The van der Waals surface area contributed by atoms with E-state index in [1.165, 1.54) is 25.1 Å². The third kappa shape index (κ3) is 4.19. The van der Waals surface area contributed by atoms with Gasteiger partial charge in [-0.3, -0.25) is 9.48 Å². The Labute approximate surface area is 141 Å². The van der Waals surface area contributed by atoms with E-state index in [0.717, 1.165) is 10.7 Å². The van der Waals surface area contributed by atoms with Crippen LogP contribution >= 0.6 is 11.6 Å². The van der Waals surface area contributed by atoms with E-state index in [2.05, 4.69) is 10.4 Å². The lowest BCUT2D eigenvalue weighted by molar-refractivity contribution is -0.141. The van der Waals surface area contributed by atoms with E-state index in [-0.39, 0.29) is 18.0 Å². The van der Waals surface area contributed by atoms with Gasteiger partial charge in [0.1, 0.15) is 5.75 Å². The molecule has 0 radical (unpaired) electrons. The second-order valence-electron chi connectivity index (χ2n) is 5.40. The Hall–Kier alpha value is -2.22. The molecule has 2 N–H and O–H groups in total. The van der Waals surface area contributed by atoms with Gasteiger partial charge in [-0.2, -0.15) is 18.3 Å². The molecule has 1 atom stereocenters. The molecule has 0 aliphatic rings. The minimum Gasteiger partial charge on any atom is -0.506 e. The van der Waals surface area contributed by atoms with Crippen molar-refractivity contribution in [2.45, 2.75) is 26.6 Å². The van der Waals surface area contributed by atoms with Crippen molar-refractivity contribution in [1.82, 2.24) is 9.78 Å². The van der Waals surface area contributed by atoms with Gasteiger partial charge >= 0.3 is 6.18 Å². The van der Waals surface area contributed by atoms with Crippen LogP contribution in [-0.4, -0.2) is 20.8 Å². The first-order chi connectivity index (χ1) is 11.1. The largest absolute Gasteiger partial charge is 0.506 e. The summed E-state index contributed by atoms with van der Waals surface area (Å²) in [5.74, 6) is -1.31. The van der Waals surface area contributed by atoms with E-state index in [1.54, 1.807) is 6.92 Å². The van der Waals surface area contributed by atoms with Gasteiger partial charge in [0.25, 0.3) is 0 Å². The van der Waals surface area contributed by atoms with Crippen LogP contribution in [0.3, 0.4) is 0 Å². The molecule has 0 spiro atoms. The van der Waals surface area contributed by atoms with E-state index < -0.39 is 23.7 Å². The number of carbonyl (C=O) groups is 1. The van der Waals surface area contributed by atoms with Crippen LogP contribution in [0.2, 0.25) is 5.02 Å². The van der Waals surface area contributed by atoms with Crippen LogP contribution in [0.15, 0.2) is 24.3 Å². The molecule has 0 saturated carbocycles. The number of nitrogens with one attached hydrogen (secondary N) is 1.